The molecule has 4 nitrogen and oxygen atoms in total. The molecule has 0 aromatic rings. The number of carbonyl (C=O) groups is 1. The number of likely N-dealkylation sites (tertiary alicyclic amines) is 1. The second-order valence-corrected chi connectivity index (χ2v) is 4.47. The van der Waals surface area contributed by atoms with Crippen LogP contribution in [0.4, 0.5) is 0 Å². The molecule has 0 aliphatic carbocycles. The van der Waals surface area contributed by atoms with Crippen molar-refractivity contribution in [2.45, 2.75) is 25.8 Å². The Morgan fingerprint density at radius 3 is 3.06 bits per heavy atom. The van der Waals surface area contributed by atoms with E-state index in [9.17, 15) is 4.79 Å². The SMILES string of the molecule is C#CCNC(=O)CN1CCC(C)CC1CN. The maximum Gasteiger partial charge on any atom is 0.234 e. The molecule has 0 radical (unpaired) electrons. The third-order valence-corrected chi connectivity index (χ3v) is 3.11. The van der Waals surface area contributed by atoms with E-state index in [0.29, 0.717) is 31.6 Å². The molecule has 0 spiro atoms. The minimum Gasteiger partial charge on any atom is -0.344 e. The number of carbonyl (C=O) groups excluding carboxylic acids is 1. The first-order valence-electron chi connectivity index (χ1n) is 5.81. The number of amides is 1. The number of hydrogen-bond acceptors (Lipinski definition) is 3. The highest BCUT2D eigenvalue weighted by atomic mass is 16.2. The summed E-state index contributed by atoms with van der Waals surface area (Å²) in [5, 5.41) is 2.68. The molecule has 1 amide bonds. The first-order chi connectivity index (χ1) is 7.67. The lowest BCUT2D eigenvalue weighted by atomic mass is 9.92. The summed E-state index contributed by atoms with van der Waals surface area (Å²) in [5.74, 6) is 3.09. The topological polar surface area (TPSA) is 58.4 Å². The minimum absolute atomic E-state index is 0.00838. The van der Waals surface area contributed by atoms with Gasteiger partial charge in [-0.3, -0.25) is 9.69 Å². The summed E-state index contributed by atoms with van der Waals surface area (Å²) in [7, 11) is 0. The van der Waals surface area contributed by atoms with Crippen LogP contribution in [0, 0.1) is 18.3 Å². The average molecular weight is 223 g/mol. The third kappa shape index (κ3) is 3.84. The van der Waals surface area contributed by atoms with Gasteiger partial charge in [0, 0.05) is 12.6 Å². The summed E-state index contributed by atoms with van der Waals surface area (Å²) in [6.07, 6.45) is 7.30. The van der Waals surface area contributed by atoms with E-state index in [4.69, 9.17) is 12.2 Å². The van der Waals surface area contributed by atoms with Gasteiger partial charge >= 0.3 is 0 Å². The Hall–Kier alpha value is -1.05. The van der Waals surface area contributed by atoms with Gasteiger partial charge in [-0.25, -0.2) is 0 Å². The summed E-state index contributed by atoms with van der Waals surface area (Å²) < 4.78 is 0. The van der Waals surface area contributed by atoms with Crippen molar-refractivity contribution in [2.24, 2.45) is 11.7 Å². The smallest absolute Gasteiger partial charge is 0.234 e. The van der Waals surface area contributed by atoms with Gasteiger partial charge in [0.1, 0.15) is 0 Å². The zero-order chi connectivity index (χ0) is 12.0. The summed E-state index contributed by atoms with van der Waals surface area (Å²) >= 11 is 0. The van der Waals surface area contributed by atoms with Crippen molar-refractivity contribution in [3.05, 3.63) is 0 Å². The van der Waals surface area contributed by atoms with Gasteiger partial charge < -0.3 is 11.1 Å². The normalized spacial score (nSPS) is 26.1. The van der Waals surface area contributed by atoms with Gasteiger partial charge in [0.15, 0.2) is 0 Å². The Labute approximate surface area is 97.6 Å². The van der Waals surface area contributed by atoms with Crippen molar-refractivity contribution in [1.82, 2.24) is 10.2 Å². The number of nitrogens with one attached hydrogen (secondary N) is 1. The molecule has 3 N–H and O–H groups in total. The van der Waals surface area contributed by atoms with E-state index >= 15 is 0 Å². The van der Waals surface area contributed by atoms with Crippen LogP contribution in [0.15, 0.2) is 0 Å². The zero-order valence-electron chi connectivity index (χ0n) is 9.91. The molecule has 1 aliphatic heterocycles. The van der Waals surface area contributed by atoms with Gasteiger partial charge in [-0.1, -0.05) is 12.8 Å². The lowest BCUT2D eigenvalue weighted by Gasteiger charge is -2.37. The highest BCUT2D eigenvalue weighted by molar-refractivity contribution is 5.78. The third-order valence-electron chi connectivity index (χ3n) is 3.11. The number of hydrogen-bond donors (Lipinski definition) is 2. The molecule has 1 aliphatic rings. The predicted molar refractivity (Wildman–Crippen MR) is 64.7 cm³/mol. The van der Waals surface area contributed by atoms with Crippen LogP contribution in [0.25, 0.3) is 0 Å². The highest BCUT2D eigenvalue weighted by Crippen LogP contribution is 2.21. The van der Waals surface area contributed by atoms with Crippen molar-refractivity contribution in [2.75, 3.05) is 26.2 Å². The maximum atomic E-state index is 11.5. The fourth-order valence-corrected chi connectivity index (χ4v) is 2.14. The van der Waals surface area contributed by atoms with Crippen molar-refractivity contribution in [1.29, 1.82) is 0 Å². The van der Waals surface area contributed by atoms with E-state index in [-0.39, 0.29) is 5.91 Å². The van der Waals surface area contributed by atoms with Crippen LogP contribution in [-0.4, -0.2) is 43.0 Å². The van der Waals surface area contributed by atoms with E-state index in [1.165, 1.54) is 0 Å². The second-order valence-electron chi connectivity index (χ2n) is 4.47. The molecular formula is C12H21N3O. The number of nitrogens with zero attached hydrogens (tertiary/aromatic N) is 1. The lowest BCUT2D eigenvalue weighted by molar-refractivity contribution is -0.123. The van der Waals surface area contributed by atoms with Gasteiger partial charge in [-0.15, -0.1) is 6.42 Å². The number of terminal acetylenes is 1. The van der Waals surface area contributed by atoms with Crippen LogP contribution >= 0.6 is 0 Å². The van der Waals surface area contributed by atoms with E-state index in [0.717, 1.165) is 19.4 Å². The molecule has 1 rings (SSSR count). The molecule has 0 bridgehead atoms. The molecule has 1 heterocycles. The summed E-state index contributed by atoms with van der Waals surface area (Å²) in [6, 6.07) is 0.334. The molecular weight excluding hydrogens is 202 g/mol. The Morgan fingerprint density at radius 1 is 1.69 bits per heavy atom. The fourth-order valence-electron chi connectivity index (χ4n) is 2.14. The number of rotatable bonds is 4. The molecule has 2 unspecified atom stereocenters. The van der Waals surface area contributed by atoms with Crippen LogP contribution in [0.1, 0.15) is 19.8 Å². The van der Waals surface area contributed by atoms with Gasteiger partial charge in [0.25, 0.3) is 0 Å². The number of piperidine rings is 1. The van der Waals surface area contributed by atoms with Gasteiger partial charge in [-0.05, 0) is 25.3 Å². The fraction of sp³-hybridized carbons (Fsp3) is 0.750. The van der Waals surface area contributed by atoms with E-state index < -0.39 is 0 Å². The first kappa shape index (κ1) is 13.0. The molecule has 16 heavy (non-hydrogen) atoms. The van der Waals surface area contributed by atoms with E-state index in [1.54, 1.807) is 0 Å². The summed E-state index contributed by atoms with van der Waals surface area (Å²) in [5.41, 5.74) is 5.73. The van der Waals surface area contributed by atoms with Gasteiger partial charge in [-0.2, -0.15) is 0 Å². The standard InChI is InChI=1S/C12H21N3O/c1-3-5-14-12(16)9-15-6-4-10(2)7-11(15)8-13/h1,10-11H,4-9,13H2,2H3,(H,14,16). The van der Waals surface area contributed by atoms with Crippen molar-refractivity contribution < 1.29 is 4.79 Å². The van der Waals surface area contributed by atoms with Crippen LogP contribution < -0.4 is 11.1 Å². The molecule has 4 heteroatoms. The molecule has 90 valence electrons. The van der Waals surface area contributed by atoms with Crippen molar-refractivity contribution >= 4 is 5.91 Å². The average Bonchev–Trinajstić information content (AvgIpc) is 2.28. The second kappa shape index (κ2) is 6.51. The monoisotopic (exact) mass is 223 g/mol. The molecule has 0 saturated carbocycles. The van der Waals surface area contributed by atoms with Gasteiger partial charge in [0.05, 0.1) is 13.1 Å². The summed E-state index contributed by atoms with van der Waals surface area (Å²) in [4.78, 5) is 13.7. The van der Waals surface area contributed by atoms with E-state index in [2.05, 4.69) is 23.1 Å². The molecule has 2 atom stereocenters. The quantitative estimate of drug-likeness (QED) is 0.649. The first-order valence-corrected chi connectivity index (χ1v) is 5.81. The van der Waals surface area contributed by atoms with Crippen LogP contribution in [0.3, 0.4) is 0 Å². The molecule has 0 aromatic carbocycles. The lowest BCUT2D eigenvalue weighted by Crippen LogP contribution is -2.50. The van der Waals surface area contributed by atoms with Crippen LogP contribution in [-0.2, 0) is 4.79 Å². The predicted octanol–water partition coefficient (Wildman–Crippen LogP) is -0.205. The Bertz CT molecular complexity index is 272. The summed E-state index contributed by atoms with van der Waals surface area (Å²) in [6.45, 7) is 4.52. The Morgan fingerprint density at radius 2 is 2.44 bits per heavy atom. The maximum absolute atomic E-state index is 11.5. The van der Waals surface area contributed by atoms with Gasteiger partial charge in [0.2, 0.25) is 5.91 Å². The Balaban J connectivity index is 2.40. The van der Waals surface area contributed by atoms with E-state index in [1.807, 2.05) is 0 Å². The van der Waals surface area contributed by atoms with Crippen LogP contribution in [0.5, 0.6) is 0 Å². The van der Waals surface area contributed by atoms with Crippen LogP contribution in [0.2, 0.25) is 0 Å². The molecule has 0 aromatic heterocycles. The van der Waals surface area contributed by atoms with Crippen molar-refractivity contribution in [3.63, 3.8) is 0 Å². The van der Waals surface area contributed by atoms with Crippen molar-refractivity contribution in [3.8, 4) is 12.3 Å². The highest BCUT2D eigenvalue weighted by Gasteiger charge is 2.26. The zero-order valence-corrected chi connectivity index (χ0v) is 9.91. The number of nitrogens with two attached hydrogens (primary N) is 1. The molecule has 1 fully saturated rings. The minimum atomic E-state index is -0.00838. The Kier molecular flexibility index (Phi) is 5.30. The molecule has 1 saturated heterocycles. The largest absolute Gasteiger partial charge is 0.344 e.